The van der Waals surface area contributed by atoms with E-state index in [-0.39, 0.29) is 5.54 Å². The Bertz CT molecular complexity index is 1430. The van der Waals surface area contributed by atoms with Crippen molar-refractivity contribution in [3.63, 3.8) is 0 Å². The molecule has 0 atom stereocenters. The number of fused-ring (bicyclic) bond motifs is 3. The molecular formula is C26H24N6. The number of benzene rings is 2. The average Bonchev–Trinajstić information content (AvgIpc) is 3.26. The molecule has 0 unspecified atom stereocenters. The molecule has 1 aliphatic carbocycles. The van der Waals surface area contributed by atoms with Gasteiger partial charge in [-0.2, -0.15) is 0 Å². The number of rotatable bonds is 4. The lowest BCUT2D eigenvalue weighted by atomic mass is 9.72. The van der Waals surface area contributed by atoms with Gasteiger partial charge in [0.05, 0.1) is 17.8 Å². The van der Waals surface area contributed by atoms with Crippen molar-refractivity contribution in [1.82, 2.24) is 19.6 Å². The van der Waals surface area contributed by atoms with Crippen molar-refractivity contribution in [3.8, 4) is 22.4 Å². The number of pyridine rings is 2. The van der Waals surface area contributed by atoms with Gasteiger partial charge in [-0.15, -0.1) is 10.2 Å². The van der Waals surface area contributed by atoms with E-state index in [1.165, 1.54) is 12.0 Å². The predicted molar refractivity (Wildman–Crippen MR) is 127 cm³/mol. The molecule has 3 aromatic heterocycles. The maximum atomic E-state index is 6.53. The minimum absolute atomic E-state index is 0.169. The van der Waals surface area contributed by atoms with Crippen LogP contribution in [-0.2, 0) is 12.1 Å². The molecule has 2 aromatic carbocycles. The first-order valence-electron chi connectivity index (χ1n) is 11.0. The Morgan fingerprint density at radius 3 is 2.38 bits per heavy atom. The molecule has 0 amide bonds. The van der Waals surface area contributed by atoms with Crippen LogP contribution in [0.5, 0.6) is 0 Å². The van der Waals surface area contributed by atoms with Crippen LogP contribution in [0.1, 0.15) is 30.7 Å². The molecule has 6 nitrogen and oxygen atoms in total. The zero-order valence-corrected chi connectivity index (χ0v) is 17.7. The van der Waals surface area contributed by atoms with Gasteiger partial charge in [0.1, 0.15) is 0 Å². The monoisotopic (exact) mass is 420 g/mol. The Hall–Kier alpha value is -3.61. The fraction of sp³-hybridized carbons (Fsp3) is 0.192. The summed E-state index contributed by atoms with van der Waals surface area (Å²) in [7, 11) is 0. The fourth-order valence-corrected chi connectivity index (χ4v) is 4.65. The lowest BCUT2D eigenvalue weighted by molar-refractivity contribution is 0.253. The second-order valence-electron chi connectivity index (χ2n) is 8.60. The van der Waals surface area contributed by atoms with Crippen molar-refractivity contribution in [2.45, 2.75) is 31.3 Å². The lowest BCUT2D eigenvalue weighted by Crippen LogP contribution is -2.43. The highest BCUT2D eigenvalue weighted by Crippen LogP contribution is 2.40. The molecule has 0 radical (unpaired) electrons. The van der Waals surface area contributed by atoms with Crippen molar-refractivity contribution in [1.29, 1.82) is 0 Å². The van der Waals surface area contributed by atoms with Gasteiger partial charge >= 0.3 is 0 Å². The van der Waals surface area contributed by atoms with Gasteiger partial charge < -0.3 is 11.5 Å². The maximum Gasteiger partial charge on any atom is 0.170 e. The van der Waals surface area contributed by atoms with Crippen molar-refractivity contribution in [2.24, 2.45) is 11.5 Å². The molecule has 3 heterocycles. The van der Waals surface area contributed by atoms with Crippen LogP contribution in [0.2, 0.25) is 0 Å². The van der Waals surface area contributed by atoms with Gasteiger partial charge in [-0.05, 0) is 42.5 Å². The highest BCUT2D eigenvalue weighted by molar-refractivity contribution is 5.98. The Morgan fingerprint density at radius 2 is 1.69 bits per heavy atom. The SMILES string of the molecule is NCc1nnc2c3cc(-c4ccccc4)c(-c4ccc(C5(N)CCC5)cc4)nc3ccn12. The van der Waals surface area contributed by atoms with Crippen LogP contribution >= 0.6 is 0 Å². The summed E-state index contributed by atoms with van der Waals surface area (Å²) in [6, 6.07) is 23.1. The first-order chi connectivity index (χ1) is 15.7. The molecule has 5 aromatic rings. The van der Waals surface area contributed by atoms with Gasteiger partial charge in [0.15, 0.2) is 11.5 Å². The van der Waals surface area contributed by atoms with Crippen molar-refractivity contribution in [3.05, 3.63) is 84.3 Å². The predicted octanol–water partition coefficient (Wildman–Crippen LogP) is 4.41. The van der Waals surface area contributed by atoms with E-state index in [0.29, 0.717) is 6.54 Å². The van der Waals surface area contributed by atoms with Crippen LogP contribution in [0.25, 0.3) is 38.9 Å². The first-order valence-corrected chi connectivity index (χ1v) is 11.0. The van der Waals surface area contributed by atoms with E-state index in [0.717, 1.165) is 57.6 Å². The molecule has 6 heteroatoms. The lowest BCUT2D eigenvalue weighted by Gasteiger charge is -2.38. The molecule has 0 aliphatic heterocycles. The second kappa shape index (κ2) is 7.22. The van der Waals surface area contributed by atoms with Crippen LogP contribution in [0.4, 0.5) is 0 Å². The second-order valence-corrected chi connectivity index (χ2v) is 8.60. The highest BCUT2D eigenvalue weighted by atomic mass is 15.2. The summed E-state index contributed by atoms with van der Waals surface area (Å²) in [6.45, 7) is 0.332. The number of hydrogen-bond donors (Lipinski definition) is 2. The zero-order valence-electron chi connectivity index (χ0n) is 17.7. The fourth-order valence-electron chi connectivity index (χ4n) is 4.65. The molecule has 1 saturated carbocycles. The van der Waals surface area contributed by atoms with E-state index in [1.54, 1.807) is 0 Å². The van der Waals surface area contributed by atoms with E-state index in [1.807, 2.05) is 34.9 Å². The molecule has 0 bridgehead atoms. The van der Waals surface area contributed by atoms with E-state index in [9.17, 15) is 0 Å². The normalized spacial score (nSPS) is 15.2. The summed E-state index contributed by atoms with van der Waals surface area (Å²) >= 11 is 0. The number of nitrogens with zero attached hydrogens (tertiary/aromatic N) is 4. The Labute approximate surface area is 185 Å². The number of aromatic nitrogens is 4. The summed E-state index contributed by atoms with van der Waals surface area (Å²) in [5.41, 5.74) is 19.2. The van der Waals surface area contributed by atoms with Gasteiger partial charge in [0, 0.05) is 28.2 Å². The van der Waals surface area contributed by atoms with E-state index < -0.39 is 0 Å². The summed E-state index contributed by atoms with van der Waals surface area (Å²) < 4.78 is 1.94. The van der Waals surface area contributed by atoms with Crippen molar-refractivity contribution < 1.29 is 0 Å². The van der Waals surface area contributed by atoms with E-state index >= 15 is 0 Å². The quantitative estimate of drug-likeness (QED) is 0.449. The molecule has 158 valence electrons. The molecule has 1 aliphatic rings. The van der Waals surface area contributed by atoms with Crippen molar-refractivity contribution >= 4 is 16.6 Å². The molecule has 1 fully saturated rings. The number of hydrogen-bond acceptors (Lipinski definition) is 5. The minimum atomic E-state index is -0.169. The van der Waals surface area contributed by atoms with Gasteiger partial charge in [0.2, 0.25) is 0 Å². The minimum Gasteiger partial charge on any atom is -0.324 e. The summed E-state index contributed by atoms with van der Waals surface area (Å²) in [6.07, 6.45) is 5.24. The average molecular weight is 421 g/mol. The molecule has 0 saturated heterocycles. The van der Waals surface area contributed by atoms with Crippen LogP contribution in [0, 0.1) is 0 Å². The third-order valence-electron chi connectivity index (χ3n) is 6.69. The highest BCUT2D eigenvalue weighted by Gasteiger charge is 2.34. The van der Waals surface area contributed by atoms with E-state index in [4.69, 9.17) is 16.5 Å². The molecular weight excluding hydrogens is 396 g/mol. The summed E-state index contributed by atoms with van der Waals surface area (Å²) in [4.78, 5) is 5.09. The third-order valence-corrected chi connectivity index (χ3v) is 6.69. The maximum absolute atomic E-state index is 6.53. The van der Waals surface area contributed by atoms with Gasteiger partial charge in [0.25, 0.3) is 0 Å². The summed E-state index contributed by atoms with van der Waals surface area (Å²) in [5.74, 6) is 0.731. The smallest absolute Gasteiger partial charge is 0.170 e. The molecule has 4 N–H and O–H groups in total. The molecule has 6 rings (SSSR count). The van der Waals surface area contributed by atoms with Gasteiger partial charge in [-0.25, -0.2) is 4.98 Å². The number of nitrogens with two attached hydrogens (primary N) is 2. The summed E-state index contributed by atoms with van der Waals surface area (Å²) in [5, 5.41) is 9.58. The Kier molecular flexibility index (Phi) is 4.31. The zero-order chi connectivity index (χ0) is 21.7. The van der Waals surface area contributed by atoms with Crippen LogP contribution < -0.4 is 11.5 Å². The van der Waals surface area contributed by atoms with Crippen LogP contribution in [0.15, 0.2) is 72.9 Å². The Balaban J connectivity index is 1.57. The van der Waals surface area contributed by atoms with Crippen LogP contribution in [-0.4, -0.2) is 19.6 Å². The molecule has 32 heavy (non-hydrogen) atoms. The van der Waals surface area contributed by atoms with Gasteiger partial charge in [-0.1, -0.05) is 54.6 Å². The first kappa shape index (κ1) is 19.1. The van der Waals surface area contributed by atoms with E-state index in [2.05, 4.69) is 52.7 Å². The third kappa shape index (κ3) is 2.92. The molecule has 0 spiro atoms. The van der Waals surface area contributed by atoms with Crippen LogP contribution in [0.3, 0.4) is 0 Å². The Morgan fingerprint density at radius 1 is 0.906 bits per heavy atom. The standard InChI is InChI=1S/C26H24N6/c27-16-23-30-31-25-21-15-20(17-5-2-1-3-6-17)24(29-22(21)11-14-32(23)25)18-7-9-19(10-8-18)26(28)12-4-13-26/h1-3,5-11,14-15H,4,12-13,16,27-28H2. The topological polar surface area (TPSA) is 95.1 Å². The van der Waals surface area contributed by atoms with Gasteiger partial charge in [-0.3, -0.25) is 4.40 Å². The van der Waals surface area contributed by atoms with Crippen molar-refractivity contribution in [2.75, 3.05) is 0 Å². The largest absolute Gasteiger partial charge is 0.324 e.